The number of likely N-dealkylation sites (N-methyl/N-ethyl adjacent to an activating group) is 1. The van der Waals surface area contributed by atoms with Crippen molar-refractivity contribution in [2.45, 2.75) is 26.7 Å². The van der Waals surface area contributed by atoms with Gasteiger partial charge in [0.15, 0.2) is 0 Å². The Morgan fingerprint density at radius 2 is 1.60 bits per heavy atom. The fourth-order valence-electron chi connectivity index (χ4n) is 3.83. The molecule has 144 valence electrons. The van der Waals surface area contributed by atoms with Crippen LogP contribution in [0.25, 0.3) is 0 Å². The van der Waals surface area contributed by atoms with Crippen molar-refractivity contribution >= 4 is 11.8 Å². The quantitative estimate of drug-likeness (QED) is 0.698. The van der Waals surface area contributed by atoms with Crippen molar-refractivity contribution in [1.82, 2.24) is 20.0 Å². The van der Waals surface area contributed by atoms with Gasteiger partial charge in [0.05, 0.1) is 18.6 Å². The Balaban J connectivity index is 1.90. The Labute approximate surface area is 151 Å². The van der Waals surface area contributed by atoms with Gasteiger partial charge in [0.25, 0.3) is 0 Å². The van der Waals surface area contributed by atoms with E-state index in [1.54, 1.807) is 7.11 Å². The van der Waals surface area contributed by atoms with Crippen molar-refractivity contribution in [3.05, 3.63) is 0 Å². The van der Waals surface area contributed by atoms with Gasteiger partial charge in [0.1, 0.15) is 0 Å². The number of ether oxygens (including phenoxy) is 1. The summed E-state index contributed by atoms with van der Waals surface area (Å²) >= 11 is 0. The van der Waals surface area contributed by atoms with Crippen LogP contribution in [-0.2, 0) is 14.3 Å². The number of nitrogens with one attached hydrogen (secondary N) is 1. The van der Waals surface area contributed by atoms with Gasteiger partial charge in [-0.3, -0.25) is 14.5 Å². The molecular formula is C18H34N4O3. The Kier molecular flexibility index (Phi) is 7.65. The highest BCUT2D eigenvalue weighted by molar-refractivity contribution is 5.84. The minimum Gasteiger partial charge on any atom is -0.384 e. The molecule has 2 fully saturated rings. The smallest absolute Gasteiger partial charge is 0.236 e. The van der Waals surface area contributed by atoms with Crippen LogP contribution in [0.3, 0.4) is 0 Å². The number of amides is 2. The standard InChI is InChI=1S/C18H34N4O3/c1-4-20(5-2)14-16(23)21-10-12-22(13-11-21)17(24)18(15-25-3)6-8-19-9-7-18/h19H,4-15H2,1-3H3. The van der Waals surface area contributed by atoms with Gasteiger partial charge in [-0.1, -0.05) is 13.8 Å². The van der Waals surface area contributed by atoms with Crippen LogP contribution in [0.5, 0.6) is 0 Å². The summed E-state index contributed by atoms with van der Waals surface area (Å²) in [5.74, 6) is 0.371. The first-order valence-electron chi connectivity index (χ1n) is 9.55. The predicted octanol–water partition coefficient (Wildman–Crippen LogP) is 0.0152. The van der Waals surface area contributed by atoms with Gasteiger partial charge in [-0.05, 0) is 39.0 Å². The number of carbonyl (C=O) groups is 2. The fraction of sp³-hybridized carbons (Fsp3) is 0.889. The first-order chi connectivity index (χ1) is 12.1. The van der Waals surface area contributed by atoms with E-state index in [0.29, 0.717) is 39.3 Å². The van der Waals surface area contributed by atoms with Gasteiger partial charge in [-0.25, -0.2) is 0 Å². The van der Waals surface area contributed by atoms with Gasteiger partial charge in [-0.15, -0.1) is 0 Å². The lowest BCUT2D eigenvalue weighted by atomic mass is 9.78. The molecule has 0 radical (unpaired) electrons. The summed E-state index contributed by atoms with van der Waals surface area (Å²) in [6.45, 7) is 11.1. The van der Waals surface area contributed by atoms with Crippen LogP contribution < -0.4 is 5.32 Å². The van der Waals surface area contributed by atoms with Crippen molar-refractivity contribution < 1.29 is 14.3 Å². The molecule has 7 nitrogen and oxygen atoms in total. The molecule has 2 heterocycles. The van der Waals surface area contributed by atoms with Gasteiger partial charge in [0.2, 0.25) is 11.8 Å². The molecule has 0 spiro atoms. The largest absolute Gasteiger partial charge is 0.384 e. The second kappa shape index (κ2) is 9.50. The van der Waals surface area contributed by atoms with Crippen LogP contribution in [0.1, 0.15) is 26.7 Å². The molecule has 1 N–H and O–H groups in total. The molecule has 0 saturated carbocycles. The van der Waals surface area contributed by atoms with Crippen molar-refractivity contribution in [3.8, 4) is 0 Å². The minimum absolute atomic E-state index is 0.171. The van der Waals surface area contributed by atoms with Gasteiger partial charge in [-0.2, -0.15) is 0 Å². The maximum Gasteiger partial charge on any atom is 0.236 e. The summed E-state index contributed by atoms with van der Waals surface area (Å²) in [6, 6.07) is 0. The number of methoxy groups -OCH3 is 1. The van der Waals surface area contributed by atoms with Gasteiger partial charge >= 0.3 is 0 Å². The van der Waals surface area contributed by atoms with E-state index in [1.165, 1.54) is 0 Å². The number of carbonyl (C=O) groups excluding carboxylic acids is 2. The van der Waals surface area contributed by atoms with E-state index >= 15 is 0 Å². The predicted molar refractivity (Wildman–Crippen MR) is 97.4 cm³/mol. The number of piperidine rings is 1. The van der Waals surface area contributed by atoms with Crippen LogP contribution >= 0.6 is 0 Å². The molecule has 0 aromatic rings. The van der Waals surface area contributed by atoms with Crippen molar-refractivity contribution in [3.63, 3.8) is 0 Å². The molecule has 2 aliphatic rings. The zero-order chi connectivity index (χ0) is 18.3. The molecule has 0 unspecified atom stereocenters. The molecule has 0 aromatic carbocycles. The van der Waals surface area contributed by atoms with Gasteiger partial charge < -0.3 is 19.9 Å². The monoisotopic (exact) mass is 354 g/mol. The summed E-state index contributed by atoms with van der Waals surface area (Å²) in [6.07, 6.45) is 1.64. The number of hydrogen-bond acceptors (Lipinski definition) is 5. The Morgan fingerprint density at radius 3 is 2.12 bits per heavy atom. The highest BCUT2D eigenvalue weighted by atomic mass is 16.5. The Morgan fingerprint density at radius 1 is 1.04 bits per heavy atom. The maximum atomic E-state index is 13.1. The van der Waals surface area contributed by atoms with Crippen LogP contribution in [0.4, 0.5) is 0 Å². The van der Waals surface area contributed by atoms with E-state index in [4.69, 9.17) is 4.74 Å². The lowest BCUT2D eigenvalue weighted by Crippen LogP contribution is -2.58. The van der Waals surface area contributed by atoms with Crippen LogP contribution in [0, 0.1) is 5.41 Å². The van der Waals surface area contributed by atoms with E-state index in [1.807, 2.05) is 9.80 Å². The van der Waals surface area contributed by atoms with E-state index in [-0.39, 0.29) is 11.8 Å². The molecular weight excluding hydrogens is 320 g/mol. The fourth-order valence-corrected chi connectivity index (χ4v) is 3.83. The summed E-state index contributed by atoms with van der Waals surface area (Å²) in [7, 11) is 1.67. The first-order valence-corrected chi connectivity index (χ1v) is 9.55. The average Bonchev–Trinajstić information content (AvgIpc) is 2.66. The Hall–Kier alpha value is -1.18. The summed E-state index contributed by atoms with van der Waals surface area (Å²) in [5, 5.41) is 3.32. The molecule has 0 aliphatic carbocycles. The molecule has 25 heavy (non-hydrogen) atoms. The Bertz CT molecular complexity index is 434. The third-order valence-corrected chi connectivity index (χ3v) is 5.61. The lowest BCUT2D eigenvalue weighted by Gasteiger charge is -2.42. The van der Waals surface area contributed by atoms with E-state index in [9.17, 15) is 9.59 Å². The third-order valence-electron chi connectivity index (χ3n) is 5.61. The van der Waals surface area contributed by atoms with Crippen LogP contribution in [-0.4, -0.2) is 99.1 Å². The van der Waals surface area contributed by atoms with E-state index in [0.717, 1.165) is 39.0 Å². The van der Waals surface area contributed by atoms with Crippen LogP contribution in [0.2, 0.25) is 0 Å². The topological polar surface area (TPSA) is 65.1 Å². The number of rotatable bonds is 7. The molecule has 7 heteroatoms. The maximum absolute atomic E-state index is 13.1. The minimum atomic E-state index is -0.395. The van der Waals surface area contributed by atoms with Crippen molar-refractivity contribution in [2.24, 2.45) is 5.41 Å². The summed E-state index contributed by atoms with van der Waals surface area (Å²) < 4.78 is 5.38. The third kappa shape index (κ3) is 4.92. The highest BCUT2D eigenvalue weighted by Gasteiger charge is 2.43. The molecule has 2 rings (SSSR count). The first kappa shape index (κ1) is 20.1. The van der Waals surface area contributed by atoms with E-state index in [2.05, 4.69) is 24.1 Å². The number of hydrogen-bond donors (Lipinski definition) is 1. The normalized spacial score (nSPS) is 20.8. The molecule has 0 bridgehead atoms. The van der Waals surface area contributed by atoms with Crippen molar-refractivity contribution in [2.75, 3.05) is 72.6 Å². The SMILES string of the molecule is CCN(CC)CC(=O)N1CCN(C(=O)C2(COC)CCNCC2)CC1. The lowest BCUT2D eigenvalue weighted by molar-refractivity contribution is -0.151. The number of piperazine rings is 1. The molecule has 2 aliphatic heterocycles. The second-order valence-corrected chi connectivity index (χ2v) is 7.10. The zero-order valence-corrected chi connectivity index (χ0v) is 16.1. The molecule has 0 aromatic heterocycles. The second-order valence-electron chi connectivity index (χ2n) is 7.10. The zero-order valence-electron chi connectivity index (χ0n) is 16.1. The number of nitrogens with zero attached hydrogens (tertiary/aromatic N) is 3. The summed E-state index contributed by atoms with van der Waals surface area (Å²) in [4.78, 5) is 31.5. The molecule has 0 atom stereocenters. The molecule has 2 saturated heterocycles. The van der Waals surface area contributed by atoms with Crippen molar-refractivity contribution in [1.29, 1.82) is 0 Å². The van der Waals surface area contributed by atoms with Crippen LogP contribution in [0.15, 0.2) is 0 Å². The highest BCUT2D eigenvalue weighted by Crippen LogP contribution is 2.32. The molecule has 2 amide bonds. The van der Waals surface area contributed by atoms with E-state index < -0.39 is 5.41 Å². The summed E-state index contributed by atoms with van der Waals surface area (Å²) in [5.41, 5.74) is -0.395. The average molecular weight is 354 g/mol. The van der Waals surface area contributed by atoms with Gasteiger partial charge in [0, 0.05) is 33.3 Å².